The molecule has 0 aliphatic heterocycles. The maximum absolute atomic E-state index is 11.0. The van der Waals surface area contributed by atoms with Crippen molar-refractivity contribution in [3.63, 3.8) is 0 Å². The van der Waals surface area contributed by atoms with Crippen LogP contribution in [0.1, 0.15) is 18.9 Å². The monoisotopic (exact) mass is 240 g/mol. The summed E-state index contributed by atoms with van der Waals surface area (Å²) in [5, 5.41) is 32.3. The van der Waals surface area contributed by atoms with Gasteiger partial charge in [0, 0.05) is 25.1 Å². The lowest BCUT2D eigenvalue weighted by Crippen LogP contribution is -2.06. The number of rotatable bonds is 6. The van der Waals surface area contributed by atoms with E-state index in [2.05, 4.69) is 5.32 Å². The summed E-state index contributed by atoms with van der Waals surface area (Å²) in [5.41, 5.74) is 0.379. The molecule has 0 radical (unpaired) electrons. The molecule has 0 saturated heterocycles. The van der Waals surface area contributed by atoms with Crippen LogP contribution in [0, 0.1) is 10.1 Å². The van der Waals surface area contributed by atoms with Crippen molar-refractivity contribution in [2.75, 3.05) is 18.5 Å². The first-order valence-electron chi connectivity index (χ1n) is 5.45. The van der Waals surface area contributed by atoms with Crippen LogP contribution >= 0.6 is 0 Å². The summed E-state index contributed by atoms with van der Waals surface area (Å²) >= 11 is 0. The van der Waals surface area contributed by atoms with Gasteiger partial charge in [0.1, 0.15) is 5.75 Å². The van der Waals surface area contributed by atoms with E-state index in [0.717, 1.165) is 6.42 Å². The van der Waals surface area contributed by atoms with Gasteiger partial charge in [-0.2, -0.15) is 0 Å². The minimum atomic E-state index is -0.539. The molecule has 1 rings (SSSR count). The Morgan fingerprint density at radius 2 is 2.18 bits per heavy atom. The number of benzene rings is 1. The summed E-state index contributed by atoms with van der Waals surface area (Å²) in [6.07, 6.45) is 0.984. The van der Waals surface area contributed by atoms with Crippen molar-refractivity contribution < 1.29 is 15.1 Å². The van der Waals surface area contributed by atoms with Crippen molar-refractivity contribution in [2.24, 2.45) is 0 Å². The van der Waals surface area contributed by atoms with Crippen molar-refractivity contribution in [2.45, 2.75) is 19.8 Å². The third-order valence-electron chi connectivity index (χ3n) is 2.35. The van der Waals surface area contributed by atoms with Gasteiger partial charge in [0.15, 0.2) is 5.69 Å². The third kappa shape index (κ3) is 3.07. The van der Waals surface area contributed by atoms with Gasteiger partial charge in [-0.25, -0.2) is 0 Å². The molecule has 94 valence electrons. The Hall–Kier alpha value is -1.82. The molecule has 0 aliphatic rings. The molecule has 0 unspecified atom stereocenters. The van der Waals surface area contributed by atoms with Crippen LogP contribution in [0.25, 0.3) is 0 Å². The number of anilines is 1. The minimum Gasteiger partial charge on any atom is -0.506 e. The summed E-state index contributed by atoms with van der Waals surface area (Å²) < 4.78 is 0. The average Bonchev–Trinajstić information content (AvgIpc) is 2.29. The summed E-state index contributed by atoms with van der Waals surface area (Å²) in [7, 11) is 0. The van der Waals surface area contributed by atoms with Gasteiger partial charge in [-0.15, -0.1) is 0 Å². The predicted octanol–water partition coefficient (Wildman–Crippen LogP) is 1.66. The number of nitrogens with one attached hydrogen (secondary N) is 1. The van der Waals surface area contributed by atoms with Gasteiger partial charge in [-0.1, -0.05) is 6.92 Å². The highest BCUT2D eigenvalue weighted by Crippen LogP contribution is 2.36. The Kier molecular flexibility index (Phi) is 4.71. The van der Waals surface area contributed by atoms with Crippen LogP contribution in [0.2, 0.25) is 0 Å². The molecule has 0 aliphatic carbocycles. The van der Waals surface area contributed by atoms with E-state index >= 15 is 0 Å². The number of hydrogen-bond acceptors (Lipinski definition) is 5. The van der Waals surface area contributed by atoms with Crippen LogP contribution < -0.4 is 5.32 Å². The highest BCUT2D eigenvalue weighted by molar-refractivity contribution is 5.72. The van der Waals surface area contributed by atoms with E-state index in [0.29, 0.717) is 12.1 Å². The molecule has 0 heterocycles. The molecule has 3 N–H and O–H groups in total. The molecule has 0 amide bonds. The highest BCUT2D eigenvalue weighted by atomic mass is 16.6. The lowest BCUT2D eigenvalue weighted by Gasteiger charge is -2.10. The Bertz CT molecular complexity index is 407. The van der Waals surface area contributed by atoms with E-state index in [1.807, 2.05) is 6.92 Å². The fourth-order valence-corrected chi connectivity index (χ4v) is 1.58. The number of phenolic OH excluding ortho intramolecular Hbond substituents is 1. The SMILES string of the molecule is CCCNc1c(O)ccc(CCO)c1[N+](=O)[O-]. The number of aliphatic hydroxyl groups excluding tert-OH is 1. The molecule has 0 bridgehead atoms. The maximum atomic E-state index is 11.0. The van der Waals surface area contributed by atoms with Crippen molar-refractivity contribution in [3.8, 4) is 5.75 Å². The second-order valence-corrected chi connectivity index (χ2v) is 3.62. The first-order valence-corrected chi connectivity index (χ1v) is 5.45. The van der Waals surface area contributed by atoms with Gasteiger partial charge in [0.05, 0.1) is 4.92 Å². The molecular formula is C11H16N2O4. The van der Waals surface area contributed by atoms with Crippen molar-refractivity contribution in [1.82, 2.24) is 0 Å². The molecule has 17 heavy (non-hydrogen) atoms. The van der Waals surface area contributed by atoms with Crippen LogP contribution in [0.15, 0.2) is 12.1 Å². The second-order valence-electron chi connectivity index (χ2n) is 3.62. The summed E-state index contributed by atoms with van der Waals surface area (Å²) in [5.74, 6) is -0.146. The molecule has 1 aromatic carbocycles. The van der Waals surface area contributed by atoms with Crippen LogP contribution in [0.4, 0.5) is 11.4 Å². The highest BCUT2D eigenvalue weighted by Gasteiger charge is 2.22. The number of aliphatic hydroxyl groups is 1. The lowest BCUT2D eigenvalue weighted by atomic mass is 10.1. The number of phenols is 1. The van der Waals surface area contributed by atoms with Crippen LogP contribution in [-0.2, 0) is 6.42 Å². The zero-order chi connectivity index (χ0) is 12.8. The van der Waals surface area contributed by atoms with Crippen LogP contribution in [0.3, 0.4) is 0 Å². The molecular weight excluding hydrogens is 224 g/mol. The zero-order valence-corrected chi connectivity index (χ0v) is 9.64. The quantitative estimate of drug-likeness (QED) is 0.399. The van der Waals surface area contributed by atoms with Gasteiger partial charge < -0.3 is 15.5 Å². The zero-order valence-electron chi connectivity index (χ0n) is 9.64. The molecule has 6 nitrogen and oxygen atoms in total. The van der Waals surface area contributed by atoms with Crippen LogP contribution in [0.5, 0.6) is 5.75 Å². The predicted molar refractivity (Wildman–Crippen MR) is 64.3 cm³/mol. The standard InChI is InChI=1S/C11H16N2O4/c1-2-6-12-10-9(15)4-3-8(5-7-14)11(10)13(16)17/h3-4,12,14-15H,2,5-7H2,1H3. The Balaban J connectivity index is 3.22. The van der Waals surface area contributed by atoms with Gasteiger partial charge >= 0.3 is 0 Å². The van der Waals surface area contributed by atoms with Gasteiger partial charge in [-0.05, 0) is 18.6 Å². The fourth-order valence-electron chi connectivity index (χ4n) is 1.58. The average molecular weight is 240 g/mol. The number of aromatic hydroxyl groups is 1. The number of nitrogens with zero attached hydrogens (tertiary/aromatic N) is 1. The van der Waals surface area contributed by atoms with Gasteiger partial charge in [-0.3, -0.25) is 10.1 Å². The summed E-state index contributed by atoms with van der Waals surface area (Å²) in [6.45, 7) is 2.29. The Morgan fingerprint density at radius 3 is 2.71 bits per heavy atom. The van der Waals surface area contributed by atoms with E-state index in [1.165, 1.54) is 12.1 Å². The second kappa shape index (κ2) is 6.05. The van der Waals surface area contributed by atoms with E-state index in [1.54, 1.807) is 0 Å². The van der Waals surface area contributed by atoms with Gasteiger partial charge in [0.2, 0.25) is 0 Å². The van der Waals surface area contributed by atoms with Crippen molar-refractivity contribution in [1.29, 1.82) is 0 Å². The van der Waals surface area contributed by atoms with Crippen molar-refractivity contribution in [3.05, 3.63) is 27.8 Å². The maximum Gasteiger partial charge on any atom is 0.299 e. The minimum absolute atomic E-state index is 0.128. The number of nitro groups is 1. The molecule has 0 spiro atoms. The van der Waals surface area contributed by atoms with E-state index < -0.39 is 4.92 Å². The molecule has 1 aromatic rings. The fraction of sp³-hybridized carbons (Fsp3) is 0.455. The smallest absolute Gasteiger partial charge is 0.299 e. The van der Waals surface area contributed by atoms with Gasteiger partial charge in [0.25, 0.3) is 5.69 Å². The number of nitro benzene ring substituents is 1. The summed E-state index contributed by atoms with van der Waals surface area (Å²) in [6, 6.07) is 2.86. The molecule has 0 fully saturated rings. The first-order chi connectivity index (χ1) is 8.11. The van der Waals surface area contributed by atoms with E-state index in [-0.39, 0.29) is 30.2 Å². The number of hydrogen-bond donors (Lipinski definition) is 3. The normalized spacial score (nSPS) is 10.2. The van der Waals surface area contributed by atoms with Crippen molar-refractivity contribution >= 4 is 11.4 Å². The first kappa shape index (κ1) is 13.2. The molecule has 0 saturated carbocycles. The van der Waals surface area contributed by atoms with E-state index in [4.69, 9.17) is 5.11 Å². The Morgan fingerprint density at radius 1 is 1.47 bits per heavy atom. The Labute approximate surface area is 99.0 Å². The lowest BCUT2D eigenvalue weighted by molar-refractivity contribution is -0.384. The molecule has 0 atom stereocenters. The largest absolute Gasteiger partial charge is 0.506 e. The molecule has 6 heteroatoms. The summed E-state index contributed by atoms with van der Waals surface area (Å²) in [4.78, 5) is 10.5. The third-order valence-corrected chi connectivity index (χ3v) is 2.35. The topological polar surface area (TPSA) is 95.6 Å². The van der Waals surface area contributed by atoms with Crippen LogP contribution in [-0.4, -0.2) is 28.3 Å². The molecule has 0 aromatic heterocycles. The van der Waals surface area contributed by atoms with E-state index in [9.17, 15) is 15.2 Å².